The second kappa shape index (κ2) is 5.19. The molecule has 0 unspecified atom stereocenters. The van der Waals surface area contributed by atoms with Gasteiger partial charge in [0, 0.05) is 44.3 Å². The monoisotopic (exact) mass is 206 g/mol. The molecule has 2 heterocycles. The van der Waals surface area contributed by atoms with Crippen molar-refractivity contribution >= 4 is 0 Å². The van der Waals surface area contributed by atoms with E-state index in [0.717, 1.165) is 31.9 Å². The van der Waals surface area contributed by atoms with Gasteiger partial charge in [-0.2, -0.15) is 0 Å². The molecule has 1 aromatic rings. The predicted octanol–water partition coefficient (Wildman–Crippen LogP) is 0.660. The fourth-order valence-corrected chi connectivity index (χ4v) is 1.83. The average Bonchev–Trinajstić information content (AvgIpc) is 2.17. The molecule has 0 bridgehead atoms. The van der Waals surface area contributed by atoms with Gasteiger partial charge in [-0.3, -0.25) is 14.9 Å². The normalized spacial score (nSPS) is 16.7. The second-order valence-electron chi connectivity index (χ2n) is 3.98. The van der Waals surface area contributed by atoms with Crippen LogP contribution in [0.25, 0.3) is 0 Å². The van der Waals surface area contributed by atoms with E-state index in [1.807, 2.05) is 6.20 Å². The lowest BCUT2D eigenvalue weighted by Gasteiger charge is -2.37. The Morgan fingerprint density at radius 2 is 2.33 bits per heavy atom. The summed E-state index contributed by atoms with van der Waals surface area (Å²) in [5, 5.41) is 3.31. The van der Waals surface area contributed by atoms with Gasteiger partial charge >= 0.3 is 0 Å². The summed E-state index contributed by atoms with van der Waals surface area (Å²) in [4.78, 5) is 10.9. The van der Waals surface area contributed by atoms with Crippen LogP contribution < -0.4 is 5.32 Å². The van der Waals surface area contributed by atoms with Crippen molar-refractivity contribution in [2.45, 2.75) is 25.9 Å². The summed E-state index contributed by atoms with van der Waals surface area (Å²) < 4.78 is 0. The van der Waals surface area contributed by atoms with Crippen LogP contribution in [0.1, 0.15) is 19.0 Å². The number of rotatable bonds is 5. The van der Waals surface area contributed by atoms with Crippen LogP contribution in [0, 0.1) is 0 Å². The standard InChI is InChI=1S/C11H18N4/c1-2-5-15(11-7-13-8-11)9-10-6-12-3-4-14-10/h3-4,6,11,13H,2,5,7-9H2,1H3. The minimum absolute atomic E-state index is 0.687. The highest BCUT2D eigenvalue weighted by Crippen LogP contribution is 2.09. The van der Waals surface area contributed by atoms with Gasteiger partial charge in [-0.1, -0.05) is 6.92 Å². The van der Waals surface area contributed by atoms with Gasteiger partial charge in [-0.15, -0.1) is 0 Å². The Morgan fingerprint density at radius 1 is 1.47 bits per heavy atom. The van der Waals surface area contributed by atoms with Crippen molar-refractivity contribution in [3.05, 3.63) is 24.3 Å². The van der Waals surface area contributed by atoms with Crippen LogP contribution in [-0.4, -0.2) is 40.5 Å². The number of nitrogens with one attached hydrogen (secondary N) is 1. The molecule has 0 amide bonds. The molecule has 4 nitrogen and oxygen atoms in total. The summed E-state index contributed by atoms with van der Waals surface area (Å²) in [7, 11) is 0. The van der Waals surface area contributed by atoms with E-state index in [1.165, 1.54) is 6.42 Å². The lowest BCUT2D eigenvalue weighted by atomic mass is 10.1. The van der Waals surface area contributed by atoms with Crippen molar-refractivity contribution in [3.63, 3.8) is 0 Å². The molecule has 0 spiro atoms. The molecule has 15 heavy (non-hydrogen) atoms. The Balaban J connectivity index is 1.93. The second-order valence-corrected chi connectivity index (χ2v) is 3.98. The summed E-state index contributed by atoms with van der Waals surface area (Å²) >= 11 is 0. The number of hydrogen-bond acceptors (Lipinski definition) is 4. The van der Waals surface area contributed by atoms with Crippen LogP contribution in [0.15, 0.2) is 18.6 Å². The van der Waals surface area contributed by atoms with Gasteiger partial charge in [0.25, 0.3) is 0 Å². The van der Waals surface area contributed by atoms with E-state index in [-0.39, 0.29) is 0 Å². The van der Waals surface area contributed by atoms with E-state index in [0.29, 0.717) is 6.04 Å². The van der Waals surface area contributed by atoms with E-state index < -0.39 is 0 Å². The van der Waals surface area contributed by atoms with E-state index in [4.69, 9.17) is 0 Å². The summed E-state index contributed by atoms with van der Waals surface area (Å²) in [6.07, 6.45) is 6.53. The highest BCUT2D eigenvalue weighted by Gasteiger charge is 2.23. The molecule has 1 saturated heterocycles. The Labute approximate surface area is 90.7 Å². The zero-order chi connectivity index (χ0) is 10.5. The first kappa shape index (κ1) is 10.5. The van der Waals surface area contributed by atoms with Crippen molar-refractivity contribution < 1.29 is 0 Å². The third-order valence-corrected chi connectivity index (χ3v) is 2.77. The first-order chi connectivity index (χ1) is 7.40. The van der Waals surface area contributed by atoms with Gasteiger partial charge < -0.3 is 5.32 Å². The first-order valence-corrected chi connectivity index (χ1v) is 5.60. The molecular formula is C11H18N4. The summed E-state index contributed by atoms with van der Waals surface area (Å²) in [6, 6.07) is 0.687. The largest absolute Gasteiger partial charge is 0.314 e. The fraction of sp³-hybridized carbons (Fsp3) is 0.636. The van der Waals surface area contributed by atoms with Gasteiger partial charge in [-0.05, 0) is 13.0 Å². The van der Waals surface area contributed by atoms with Crippen molar-refractivity contribution in [3.8, 4) is 0 Å². The van der Waals surface area contributed by atoms with Crippen molar-refractivity contribution in [1.82, 2.24) is 20.2 Å². The Hall–Kier alpha value is -1.00. The SMILES string of the molecule is CCCN(Cc1cnccn1)C1CNC1. The van der Waals surface area contributed by atoms with Gasteiger partial charge in [-0.25, -0.2) is 0 Å². The lowest BCUT2D eigenvalue weighted by molar-refractivity contribution is 0.136. The van der Waals surface area contributed by atoms with Crippen LogP contribution in [0.2, 0.25) is 0 Å². The zero-order valence-corrected chi connectivity index (χ0v) is 9.19. The van der Waals surface area contributed by atoms with Crippen LogP contribution in [0.4, 0.5) is 0 Å². The predicted molar refractivity (Wildman–Crippen MR) is 59.4 cm³/mol. The average molecular weight is 206 g/mol. The Kier molecular flexibility index (Phi) is 3.64. The highest BCUT2D eigenvalue weighted by atomic mass is 15.2. The summed E-state index contributed by atoms with van der Waals surface area (Å²) in [6.45, 7) is 6.51. The maximum absolute atomic E-state index is 4.32. The molecule has 1 aliphatic heterocycles. The topological polar surface area (TPSA) is 41.1 Å². The van der Waals surface area contributed by atoms with Crippen molar-refractivity contribution in [2.24, 2.45) is 0 Å². The van der Waals surface area contributed by atoms with Gasteiger partial charge in [0.05, 0.1) is 5.69 Å². The van der Waals surface area contributed by atoms with Gasteiger partial charge in [0.2, 0.25) is 0 Å². The van der Waals surface area contributed by atoms with Crippen molar-refractivity contribution in [1.29, 1.82) is 0 Å². The minimum Gasteiger partial charge on any atom is -0.314 e. The third-order valence-electron chi connectivity index (χ3n) is 2.77. The molecule has 1 fully saturated rings. The molecule has 0 radical (unpaired) electrons. The minimum atomic E-state index is 0.687. The van der Waals surface area contributed by atoms with Crippen LogP contribution in [0.5, 0.6) is 0 Å². The molecule has 0 saturated carbocycles. The highest BCUT2D eigenvalue weighted by molar-refractivity contribution is 4.96. The lowest BCUT2D eigenvalue weighted by Crippen LogP contribution is -2.57. The zero-order valence-electron chi connectivity index (χ0n) is 9.19. The number of aromatic nitrogens is 2. The number of hydrogen-bond donors (Lipinski definition) is 1. The maximum Gasteiger partial charge on any atom is 0.0726 e. The molecule has 1 aromatic heterocycles. The first-order valence-electron chi connectivity index (χ1n) is 5.60. The molecule has 1 N–H and O–H groups in total. The van der Waals surface area contributed by atoms with E-state index in [9.17, 15) is 0 Å². The van der Waals surface area contributed by atoms with Crippen LogP contribution >= 0.6 is 0 Å². The van der Waals surface area contributed by atoms with E-state index >= 15 is 0 Å². The summed E-state index contributed by atoms with van der Waals surface area (Å²) in [5.41, 5.74) is 1.07. The molecule has 4 heteroatoms. The molecule has 82 valence electrons. The van der Waals surface area contributed by atoms with E-state index in [1.54, 1.807) is 12.4 Å². The quantitative estimate of drug-likeness (QED) is 0.768. The van der Waals surface area contributed by atoms with E-state index in [2.05, 4.69) is 27.1 Å². The molecule has 2 rings (SSSR count). The van der Waals surface area contributed by atoms with Crippen LogP contribution in [0.3, 0.4) is 0 Å². The third kappa shape index (κ3) is 2.73. The summed E-state index contributed by atoms with van der Waals surface area (Å²) in [5.74, 6) is 0. The van der Waals surface area contributed by atoms with Crippen molar-refractivity contribution in [2.75, 3.05) is 19.6 Å². The molecule has 1 aliphatic rings. The molecule has 0 atom stereocenters. The Bertz CT molecular complexity index is 284. The maximum atomic E-state index is 4.32. The van der Waals surface area contributed by atoms with Gasteiger partial charge in [0.15, 0.2) is 0 Å². The number of nitrogens with zero attached hydrogens (tertiary/aromatic N) is 3. The van der Waals surface area contributed by atoms with Gasteiger partial charge in [0.1, 0.15) is 0 Å². The molecule has 0 aliphatic carbocycles. The smallest absolute Gasteiger partial charge is 0.0726 e. The fourth-order valence-electron chi connectivity index (χ4n) is 1.83. The Morgan fingerprint density at radius 3 is 2.87 bits per heavy atom. The van der Waals surface area contributed by atoms with Crippen LogP contribution in [-0.2, 0) is 6.54 Å². The molecule has 0 aromatic carbocycles. The molecular weight excluding hydrogens is 188 g/mol.